The molecule has 2 heterocycles. The number of amides is 1. The molecular formula is C25H30N3O2. The molecule has 2 aromatic carbocycles. The molecule has 2 fully saturated rings. The van der Waals surface area contributed by atoms with Gasteiger partial charge in [0.25, 0.3) is 0 Å². The molecule has 0 aromatic heterocycles. The van der Waals surface area contributed by atoms with Crippen molar-refractivity contribution in [3.05, 3.63) is 76.7 Å². The van der Waals surface area contributed by atoms with E-state index in [9.17, 15) is 9.59 Å². The molecule has 157 valence electrons. The zero-order valence-electron chi connectivity index (χ0n) is 17.7. The summed E-state index contributed by atoms with van der Waals surface area (Å²) in [7, 11) is 0. The average Bonchev–Trinajstić information content (AvgIpc) is 3.28. The van der Waals surface area contributed by atoms with Crippen LogP contribution >= 0.6 is 0 Å². The van der Waals surface area contributed by atoms with Gasteiger partial charge in [0.2, 0.25) is 5.91 Å². The molecule has 2 aliphatic rings. The summed E-state index contributed by atoms with van der Waals surface area (Å²) in [5.74, 6) is 0.250. The average molecular weight is 405 g/mol. The maximum Gasteiger partial charge on any atom is 0.249 e. The number of nitrogens with zero attached hydrogens (tertiary/aromatic N) is 1. The minimum atomic E-state index is -0.534. The van der Waals surface area contributed by atoms with Gasteiger partial charge in [-0.05, 0) is 68.8 Å². The van der Waals surface area contributed by atoms with E-state index in [2.05, 4.69) is 28.8 Å². The molecule has 2 saturated heterocycles. The van der Waals surface area contributed by atoms with Gasteiger partial charge in [0.05, 0.1) is 11.6 Å². The van der Waals surface area contributed by atoms with Crippen LogP contribution in [0.4, 0.5) is 0 Å². The fraction of sp³-hybridized carbons (Fsp3) is 0.400. The molecular weight excluding hydrogens is 374 g/mol. The molecule has 4 rings (SSSR count). The van der Waals surface area contributed by atoms with Gasteiger partial charge >= 0.3 is 0 Å². The molecule has 0 spiro atoms. The van der Waals surface area contributed by atoms with Crippen LogP contribution in [0, 0.1) is 32.1 Å². The van der Waals surface area contributed by atoms with Crippen LogP contribution in [0.15, 0.2) is 42.5 Å². The summed E-state index contributed by atoms with van der Waals surface area (Å²) in [6.45, 7) is 7.35. The summed E-state index contributed by atoms with van der Waals surface area (Å²) in [6, 6.07) is 13.8. The van der Waals surface area contributed by atoms with Crippen LogP contribution in [0.3, 0.4) is 0 Å². The minimum absolute atomic E-state index is 0.0391. The Morgan fingerprint density at radius 3 is 2.67 bits per heavy atom. The van der Waals surface area contributed by atoms with Crippen molar-refractivity contribution >= 4 is 11.7 Å². The van der Waals surface area contributed by atoms with Crippen LogP contribution in [0.2, 0.25) is 0 Å². The van der Waals surface area contributed by atoms with E-state index in [1.807, 2.05) is 38.1 Å². The lowest BCUT2D eigenvalue weighted by molar-refractivity contribution is 0.0827. The van der Waals surface area contributed by atoms with Gasteiger partial charge in [-0.25, -0.2) is 0 Å². The number of primary amides is 1. The van der Waals surface area contributed by atoms with E-state index in [1.54, 1.807) is 6.07 Å². The molecule has 2 aromatic rings. The summed E-state index contributed by atoms with van der Waals surface area (Å²) in [5, 5.41) is 3.45. The van der Waals surface area contributed by atoms with Crippen LogP contribution in [0.1, 0.15) is 43.8 Å². The first-order valence-electron chi connectivity index (χ1n) is 10.7. The summed E-state index contributed by atoms with van der Waals surface area (Å²) < 4.78 is 0. The Hall–Kier alpha value is -2.50. The first-order chi connectivity index (χ1) is 14.5. The first kappa shape index (κ1) is 20.8. The van der Waals surface area contributed by atoms with Crippen molar-refractivity contribution in [2.45, 2.75) is 26.3 Å². The summed E-state index contributed by atoms with van der Waals surface area (Å²) in [4.78, 5) is 28.2. The van der Waals surface area contributed by atoms with E-state index in [1.165, 1.54) is 5.56 Å². The number of rotatable bonds is 7. The van der Waals surface area contributed by atoms with Gasteiger partial charge in [-0.15, -0.1) is 0 Å². The number of carbonyl (C=O) groups excluding carboxylic acids is 2. The number of benzene rings is 2. The second-order valence-corrected chi connectivity index (χ2v) is 8.66. The van der Waals surface area contributed by atoms with Gasteiger partial charge < -0.3 is 11.1 Å². The predicted molar refractivity (Wildman–Crippen MR) is 118 cm³/mol. The lowest BCUT2D eigenvalue weighted by Crippen LogP contribution is -2.43. The van der Waals surface area contributed by atoms with Gasteiger partial charge in [0.15, 0.2) is 5.78 Å². The number of hydrogen-bond acceptors (Lipinski definition) is 4. The smallest absolute Gasteiger partial charge is 0.249 e. The molecule has 0 aliphatic carbocycles. The number of hydrogen-bond donors (Lipinski definition) is 2. The van der Waals surface area contributed by atoms with Gasteiger partial charge in [0.1, 0.15) is 0 Å². The van der Waals surface area contributed by atoms with Gasteiger partial charge in [-0.3, -0.25) is 14.5 Å². The highest BCUT2D eigenvalue weighted by Gasteiger charge is 2.48. The number of nitrogens with two attached hydrogens (primary N) is 1. The lowest BCUT2D eigenvalue weighted by atomic mass is 9.85. The SMILES string of the molecule is Cc1cc(C)c(C(=O)[C@@H]2[C@@H]3CNCC3CN2CC[CH]c2ccccc2)c(C(N)=O)c1. The quantitative estimate of drug-likeness (QED) is 0.696. The third-order valence-corrected chi connectivity index (χ3v) is 6.52. The van der Waals surface area contributed by atoms with Crippen molar-refractivity contribution in [1.29, 1.82) is 0 Å². The molecule has 1 unspecified atom stereocenters. The Labute approximate surface area is 178 Å². The van der Waals surface area contributed by atoms with Gasteiger partial charge in [-0.2, -0.15) is 0 Å². The maximum atomic E-state index is 13.8. The highest BCUT2D eigenvalue weighted by molar-refractivity contribution is 6.11. The maximum absolute atomic E-state index is 13.8. The number of carbonyl (C=O) groups is 2. The highest BCUT2D eigenvalue weighted by Crippen LogP contribution is 2.36. The summed E-state index contributed by atoms with van der Waals surface area (Å²) >= 11 is 0. The zero-order chi connectivity index (χ0) is 21.3. The molecule has 0 bridgehead atoms. The van der Waals surface area contributed by atoms with Crippen LogP contribution in [0.5, 0.6) is 0 Å². The van der Waals surface area contributed by atoms with E-state index in [-0.39, 0.29) is 17.7 Å². The van der Waals surface area contributed by atoms with Gasteiger partial charge in [0, 0.05) is 18.7 Å². The van der Waals surface area contributed by atoms with E-state index >= 15 is 0 Å². The number of fused-ring (bicyclic) bond motifs is 1. The second-order valence-electron chi connectivity index (χ2n) is 8.66. The monoisotopic (exact) mass is 404 g/mol. The van der Waals surface area contributed by atoms with E-state index in [0.717, 1.165) is 43.7 Å². The van der Waals surface area contributed by atoms with Crippen LogP contribution < -0.4 is 11.1 Å². The molecule has 2 aliphatic heterocycles. The highest BCUT2D eigenvalue weighted by atomic mass is 16.1. The van der Waals surface area contributed by atoms with E-state index in [4.69, 9.17) is 5.73 Å². The number of likely N-dealkylation sites (tertiary alicyclic amines) is 1. The third kappa shape index (κ3) is 4.05. The molecule has 5 heteroatoms. The minimum Gasteiger partial charge on any atom is -0.366 e. The largest absolute Gasteiger partial charge is 0.366 e. The second kappa shape index (κ2) is 8.70. The lowest BCUT2D eigenvalue weighted by Gasteiger charge is -2.28. The Kier molecular flexibility index (Phi) is 6.02. The standard InChI is InChI=1S/C25H30N3O2/c1-16-11-17(2)22(20(12-16)25(26)30)24(29)23-21-14-27-13-19(21)15-28(23)10-6-9-18-7-4-3-5-8-18/h3-5,7-9,11-12,19,21,23,27H,6,10,13-15H2,1-2H3,(H2,26,30)/t19?,21-,23+/m1/s1. The van der Waals surface area contributed by atoms with Crippen molar-refractivity contribution in [2.75, 3.05) is 26.2 Å². The van der Waals surface area contributed by atoms with Crippen molar-refractivity contribution in [1.82, 2.24) is 10.2 Å². The first-order valence-corrected chi connectivity index (χ1v) is 10.7. The molecule has 5 nitrogen and oxygen atoms in total. The van der Waals surface area contributed by atoms with Crippen molar-refractivity contribution in [3.8, 4) is 0 Å². The van der Waals surface area contributed by atoms with Gasteiger partial charge in [-0.1, -0.05) is 42.0 Å². The van der Waals surface area contributed by atoms with E-state index < -0.39 is 5.91 Å². The Balaban J connectivity index is 1.58. The number of Topliss-reactive ketones (excluding diaryl/α,β-unsaturated/α-hetero) is 1. The molecule has 30 heavy (non-hydrogen) atoms. The number of ketones is 1. The van der Waals surface area contributed by atoms with E-state index in [0.29, 0.717) is 17.0 Å². The third-order valence-electron chi connectivity index (χ3n) is 6.52. The molecule has 0 saturated carbocycles. The molecule has 1 amide bonds. The Bertz CT molecular complexity index is 941. The zero-order valence-corrected chi connectivity index (χ0v) is 17.7. The van der Waals surface area contributed by atoms with Crippen LogP contribution in [0.25, 0.3) is 0 Å². The van der Waals surface area contributed by atoms with Crippen LogP contribution in [-0.2, 0) is 0 Å². The summed E-state index contributed by atoms with van der Waals surface area (Å²) in [5.41, 5.74) is 9.48. The molecule has 3 atom stereocenters. The fourth-order valence-corrected chi connectivity index (χ4v) is 5.22. The molecule has 1 radical (unpaired) electrons. The number of aryl methyl sites for hydroxylation is 2. The Morgan fingerprint density at radius 2 is 1.93 bits per heavy atom. The topological polar surface area (TPSA) is 75.4 Å². The molecule has 3 N–H and O–H groups in total. The fourth-order valence-electron chi connectivity index (χ4n) is 5.22. The van der Waals surface area contributed by atoms with Crippen molar-refractivity contribution < 1.29 is 9.59 Å². The van der Waals surface area contributed by atoms with Crippen LogP contribution in [-0.4, -0.2) is 48.8 Å². The Morgan fingerprint density at radius 1 is 1.17 bits per heavy atom. The summed E-state index contributed by atoms with van der Waals surface area (Å²) in [6.07, 6.45) is 3.11. The predicted octanol–water partition coefficient (Wildman–Crippen LogP) is 2.75. The normalized spacial score (nSPS) is 23.5. The number of nitrogens with one attached hydrogen (secondary N) is 1. The van der Waals surface area contributed by atoms with Crippen molar-refractivity contribution in [2.24, 2.45) is 17.6 Å². The van der Waals surface area contributed by atoms with Crippen molar-refractivity contribution in [3.63, 3.8) is 0 Å².